The van der Waals surface area contributed by atoms with Crippen LogP contribution in [-0.4, -0.2) is 60.0 Å². The lowest BCUT2D eigenvalue weighted by Crippen LogP contribution is -2.66. The normalized spacial score (nSPS) is 46.0. The van der Waals surface area contributed by atoms with Crippen LogP contribution in [0.1, 0.15) is 40.5 Å². The van der Waals surface area contributed by atoms with Gasteiger partial charge in [0.1, 0.15) is 24.0 Å². The van der Waals surface area contributed by atoms with Crippen molar-refractivity contribution in [2.45, 2.75) is 64.4 Å². The van der Waals surface area contributed by atoms with E-state index in [1.54, 1.807) is 0 Å². The van der Waals surface area contributed by atoms with Gasteiger partial charge in [-0.2, -0.15) is 0 Å². The summed E-state index contributed by atoms with van der Waals surface area (Å²) in [5.41, 5.74) is -0.760. The quantitative estimate of drug-likeness (QED) is 0.261. The summed E-state index contributed by atoms with van der Waals surface area (Å²) in [6, 6.07) is 0. The van der Waals surface area contributed by atoms with Crippen molar-refractivity contribution in [1.82, 2.24) is 0 Å². The minimum absolute atomic E-state index is 0.113. The number of ether oxygens (including phenoxy) is 4. The summed E-state index contributed by atoms with van der Waals surface area (Å²) in [5, 5.41) is 13.2. The third kappa shape index (κ3) is 2.20. The van der Waals surface area contributed by atoms with Gasteiger partial charge in [0.2, 0.25) is 0 Å². The number of fused-ring (bicyclic) bond motifs is 2. The summed E-state index contributed by atoms with van der Waals surface area (Å²) in [6.45, 7) is 7.22. The summed E-state index contributed by atoms with van der Waals surface area (Å²) in [4.78, 5) is 23.5. The molecule has 2 bridgehead atoms. The number of hydrogen-bond donors (Lipinski definition) is 1. The molecule has 3 fully saturated rings. The first kappa shape index (κ1) is 18.4. The first-order valence-corrected chi connectivity index (χ1v) is 9.21. The molecule has 1 N–H and O–H groups in total. The Balaban J connectivity index is 1.90. The molecule has 0 radical (unpaired) electrons. The van der Waals surface area contributed by atoms with Crippen LogP contribution < -0.4 is 0 Å². The van der Waals surface area contributed by atoms with E-state index in [1.807, 2.05) is 19.9 Å². The van der Waals surface area contributed by atoms with Crippen molar-refractivity contribution in [1.29, 1.82) is 0 Å². The Kier molecular flexibility index (Phi) is 3.95. The van der Waals surface area contributed by atoms with Gasteiger partial charge >= 0.3 is 11.9 Å². The maximum absolute atomic E-state index is 11.9. The summed E-state index contributed by atoms with van der Waals surface area (Å²) in [6.07, 6.45) is 1.72. The van der Waals surface area contributed by atoms with Crippen molar-refractivity contribution >= 4 is 17.7 Å². The maximum Gasteiger partial charge on any atom is 0.303 e. The second-order valence-corrected chi connectivity index (χ2v) is 8.28. The Morgan fingerprint density at radius 2 is 2.07 bits per heavy atom. The fraction of sp³-hybridized carbons (Fsp3) is 0.737. The van der Waals surface area contributed by atoms with E-state index in [-0.39, 0.29) is 24.4 Å². The smallest absolute Gasteiger partial charge is 0.303 e. The van der Waals surface area contributed by atoms with Gasteiger partial charge in [-0.1, -0.05) is 23.7 Å². The molecule has 0 aromatic rings. The summed E-state index contributed by atoms with van der Waals surface area (Å²) in [5.74, 6) is -0.864. The van der Waals surface area contributed by atoms with E-state index in [0.717, 1.165) is 6.42 Å². The Labute approximate surface area is 157 Å². The van der Waals surface area contributed by atoms with E-state index < -0.39 is 34.6 Å². The average molecular weight is 379 g/mol. The van der Waals surface area contributed by atoms with Crippen molar-refractivity contribution in [3.05, 3.63) is 11.6 Å². The first-order chi connectivity index (χ1) is 12.7. The molecular weight excluding hydrogens is 354 g/mol. The predicted molar refractivity (Wildman–Crippen MR) is 92.3 cm³/mol. The summed E-state index contributed by atoms with van der Waals surface area (Å²) in [7, 11) is 0. The molecule has 8 nitrogen and oxygen atoms in total. The zero-order valence-corrected chi connectivity index (χ0v) is 16.0. The molecule has 27 heavy (non-hydrogen) atoms. The van der Waals surface area contributed by atoms with Crippen LogP contribution in [0, 0.1) is 10.8 Å². The van der Waals surface area contributed by atoms with Gasteiger partial charge in [-0.3, -0.25) is 9.59 Å². The van der Waals surface area contributed by atoms with Crippen LogP contribution in [0.25, 0.3) is 0 Å². The van der Waals surface area contributed by atoms with Crippen LogP contribution in [0.3, 0.4) is 0 Å². The Hall–Kier alpha value is -1.93. The lowest BCUT2D eigenvalue weighted by atomic mass is 9.51. The molecule has 2 aliphatic heterocycles. The lowest BCUT2D eigenvalue weighted by molar-refractivity contribution is -0.232. The molecule has 4 aliphatic rings. The Bertz CT molecular complexity index is 755. The second-order valence-electron chi connectivity index (χ2n) is 8.28. The number of nitrogens with zero attached hydrogens (tertiary/aromatic N) is 1. The zero-order chi connectivity index (χ0) is 19.6. The highest BCUT2D eigenvalue weighted by Crippen LogP contribution is 2.71. The molecule has 6 atom stereocenters. The van der Waals surface area contributed by atoms with Crippen LogP contribution in [0.4, 0.5) is 0 Å². The molecular formula is C19H25NO7. The van der Waals surface area contributed by atoms with E-state index in [0.29, 0.717) is 13.0 Å². The average Bonchev–Trinajstić information content (AvgIpc) is 3.37. The number of carbonyl (C=O) groups excluding carboxylic acids is 2. The monoisotopic (exact) mass is 379 g/mol. The summed E-state index contributed by atoms with van der Waals surface area (Å²) >= 11 is 0. The largest absolute Gasteiger partial charge is 0.465 e. The third-order valence-corrected chi connectivity index (χ3v) is 7.01. The SMILES string of the molecule is CC(=O)OC[C@]12CCC(C)=C[C@H]1O[C@@H]1C(=NO)[C@@H](OC(C)=O)[C@@]2(C)[C@]12CO2. The molecule has 2 saturated heterocycles. The van der Waals surface area contributed by atoms with Crippen LogP contribution >= 0.6 is 0 Å². The van der Waals surface area contributed by atoms with E-state index >= 15 is 0 Å². The number of carbonyl (C=O) groups is 2. The topological polar surface area (TPSA) is 107 Å². The highest BCUT2D eigenvalue weighted by Gasteiger charge is 2.85. The van der Waals surface area contributed by atoms with Crippen LogP contribution in [-0.2, 0) is 28.5 Å². The minimum atomic E-state index is -0.820. The standard InChI is InChI=1S/C19H25NO7/c1-10-5-6-18(8-24-11(2)21)13(7-10)27-16-14(20-23)15(26-12(3)22)17(18,4)19(16)9-25-19/h7,13,15-16,23H,5-6,8-9H2,1-4H3/t13-,15-,16-,17-,18-,19+/m1/s1. The number of rotatable bonds is 3. The fourth-order valence-electron chi connectivity index (χ4n) is 5.48. The Morgan fingerprint density at radius 1 is 1.37 bits per heavy atom. The molecule has 0 amide bonds. The highest BCUT2D eigenvalue weighted by molar-refractivity contribution is 6.00. The number of esters is 2. The van der Waals surface area contributed by atoms with Crippen LogP contribution in [0.5, 0.6) is 0 Å². The number of epoxide rings is 1. The van der Waals surface area contributed by atoms with E-state index in [1.165, 1.54) is 19.4 Å². The fourth-order valence-corrected chi connectivity index (χ4v) is 5.48. The van der Waals surface area contributed by atoms with Crippen molar-refractivity contribution in [3.63, 3.8) is 0 Å². The maximum atomic E-state index is 11.9. The number of allylic oxidation sites excluding steroid dienone is 1. The van der Waals surface area contributed by atoms with Gasteiger partial charge in [-0.05, 0) is 19.8 Å². The predicted octanol–water partition coefficient (Wildman–Crippen LogP) is 1.59. The van der Waals surface area contributed by atoms with E-state index in [4.69, 9.17) is 18.9 Å². The summed E-state index contributed by atoms with van der Waals surface area (Å²) < 4.78 is 23.4. The van der Waals surface area contributed by atoms with Crippen molar-refractivity contribution in [3.8, 4) is 0 Å². The molecule has 1 saturated carbocycles. The van der Waals surface area contributed by atoms with Gasteiger partial charge in [0.15, 0.2) is 6.10 Å². The van der Waals surface area contributed by atoms with Gasteiger partial charge in [0.05, 0.1) is 18.1 Å². The van der Waals surface area contributed by atoms with Crippen LogP contribution in [0.15, 0.2) is 16.8 Å². The van der Waals surface area contributed by atoms with Crippen LogP contribution in [0.2, 0.25) is 0 Å². The third-order valence-electron chi connectivity index (χ3n) is 7.01. The van der Waals surface area contributed by atoms with Gasteiger partial charge < -0.3 is 24.2 Å². The van der Waals surface area contributed by atoms with Gasteiger partial charge in [0, 0.05) is 19.3 Å². The molecule has 0 aromatic carbocycles. The van der Waals surface area contributed by atoms with Gasteiger partial charge in [-0.25, -0.2) is 0 Å². The zero-order valence-electron chi connectivity index (χ0n) is 16.0. The Morgan fingerprint density at radius 3 is 2.63 bits per heavy atom. The van der Waals surface area contributed by atoms with Crippen molar-refractivity contribution in [2.75, 3.05) is 13.2 Å². The highest BCUT2D eigenvalue weighted by atomic mass is 16.6. The van der Waals surface area contributed by atoms with E-state index in [2.05, 4.69) is 5.16 Å². The molecule has 148 valence electrons. The molecule has 4 rings (SSSR count). The molecule has 8 heteroatoms. The lowest BCUT2D eigenvalue weighted by Gasteiger charge is -2.57. The van der Waals surface area contributed by atoms with Crippen molar-refractivity contribution in [2.24, 2.45) is 16.0 Å². The molecule has 2 aliphatic carbocycles. The van der Waals surface area contributed by atoms with E-state index in [9.17, 15) is 14.8 Å². The molecule has 0 unspecified atom stereocenters. The second kappa shape index (κ2) is 5.78. The first-order valence-electron chi connectivity index (χ1n) is 9.21. The van der Waals surface area contributed by atoms with Gasteiger partial charge in [0.25, 0.3) is 0 Å². The number of oxime groups is 1. The molecule has 1 spiro atoms. The van der Waals surface area contributed by atoms with Gasteiger partial charge in [-0.15, -0.1) is 0 Å². The molecule has 0 aromatic heterocycles. The minimum Gasteiger partial charge on any atom is -0.465 e. The number of hydrogen-bond acceptors (Lipinski definition) is 8. The molecule has 2 heterocycles. The van der Waals surface area contributed by atoms with Crippen molar-refractivity contribution < 1.29 is 33.7 Å².